The number of morpholine rings is 1. The van der Waals surface area contributed by atoms with Gasteiger partial charge in [-0.15, -0.1) is 0 Å². The van der Waals surface area contributed by atoms with Gasteiger partial charge in [0.15, 0.2) is 0 Å². The maximum atomic E-state index is 12.8. The Kier molecular flexibility index (Phi) is 6.94. The summed E-state index contributed by atoms with van der Waals surface area (Å²) >= 11 is 0. The van der Waals surface area contributed by atoms with Gasteiger partial charge in [0.05, 0.1) is 31.0 Å². The zero-order chi connectivity index (χ0) is 20.9. The Morgan fingerprint density at radius 1 is 1.03 bits per heavy atom. The number of likely N-dealkylation sites (tertiary alicyclic amines) is 2. The lowest BCUT2D eigenvalue weighted by Crippen LogP contribution is -2.47. The Morgan fingerprint density at radius 3 is 2.50 bits per heavy atom. The van der Waals surface area contributed by atoms with Gasteiger partial charge in [0, 0.05) is 51.4 Å². The van der Waals surface area contributed by atoms with Gasteiger partial charge in [-0.1, -0.05) is 0 Å². The quantitative estimate of drug-likeness (QED) is 0.741. The van der Waals surface area contributed by atoms with E-state index in [1.165, 1.54) is 6.42 Å². The topological polar surface area (TPSA) is 78.9 Å². The van der Waals surface area contributed by atoms with E-state index in [-0.39, 0.29) is 17.7 Å². The van der Waals surface area contributed by atoms with Crippen LogP contribution in [0.15, 0.2) is 6.20 Å². The second-order valence-electron chi connectivity index (χ2n) is 8.65. The molecule has 0 aromatic carbocycles. The Balaban J connectivity index is 1.38. The number of ether oxygens (including phenoxy) is 1. The van der Waals surface area contributed by atoms with Crippen LogP contribution in [0, 0.1) is 6.92 Å². The number of aryl methyl sites for hydroxylation is 1. The van der Waals surface area contributed by atoms with Crippen LogP contribution in [0.4, 0.5) is 0 Å². The highest BCUT2D eigenvalue weighted by Gasteiger charge is 2.29. The number of hydrogen-bond donors (Lipinski definition) is 0. The van der Waals surface area contributed by atoms with Crippen LogP contribution in [0.2, 0.25) is 0 Å². The first-order chi connectivity index (χ1) is 14.6. The first-order valence-corrected chi connectivity index (χ1v) is 11.3. The number of nitrogens with zero attached hydrogens (tertiary/aromatic N) is 5. The van der Waals surface area contributed by atoms with E-state index < -0.39 is 0 Å². The number of amides is 2. The Hall–Kier alpha value is -2.06. The molecule has 0 radical (unpaired) electrons. The minimum absolute atomic E-state index is 0.0460. The van der Waals surface area contributed by atoms with Gasteiger partial charge in [0.2, 0.25) is 5.91 Å². The third-order valence-corrected chi connectivity index (χ3v) is 6.47. The number of piperidine rings is 2. The lowest BCUT2D eigenvalue weighted by atomic mass is 9.96. The molecule has 0 unspecified atom stereocenters. The summed E-state index contributed by atoms with van der Waals surface area (Å²) in [6.07, 6.45) is 6.96. The fourth-order valence-corrected chi connectivity index (χ4v) is 4.62. The predicted molar refractivity (Wildman–Crippen MR) is 112 cm³/mol. The maximum absolute atomic E-state index is 12.8. The molecular weight excluding hydrogens is 382 g/mol. The molecule has 8 nitrogen and oxygen atoms in total. The largest absolute Gasteiger partial charge is 0.379 e. The molecular formula is C22H33N5O3. The summed E-state index contributed by atoms with van der Waals surface area (Å²) in [6.45, 7) is 8.48. The van der Waals surface area contributed by atoms with Crippen molar-refractivity contribution in [1.82, 2.24) is 24.7 Å². The zero-order valence-corrected chi connectivity index (χ0v) is 18.0. The van der Waals surface area contributed by atoms with E-state index in [2.05, 4.69) is 9.88 Å². The van der Waals surface area contributed by atoms with Gasteiger partial charge in [-0.05, 0) is 39.0 Å². The van der Waals surface area contributed by atoms with Gasteiger partial charge >= 0.3 is 0 Å². The summed E-state index contributed by atoms with van der Waals surface area (Å²) in [5.41, 5.74) is 1.35. The molecule has 1 aromatic rings. The summed E-state index contributed by atoms with van der Waals surface area (Å²) in [4.78, 5) is 40.9. The second-order valence-corrected chi connectivity index (χ2v) is 8.65. The normalized spacial score (nSPS) is 23.4. The second kappa shape index (κ2) is 9.83. The van der Waals surface area contributed by atoms with E-state index in [1.54, 1.807) is 6.20 Å². The highest BCUT2D eigenvalue weighted by atomic mass is 16.5. The third kappa shape index (κ3) is 4.98. The highest BCUT2D eigenvalue weighted by molar-refractivity contribution is 5.95. The Morgan fingerprint density at radius 2 is 1.77 bits per heavy atom. The minimum Gasteiger partial charge on any atom is -0.379 e. The van der Waals surface area contributed by atoms with E-state index >= 15 is 0 Å². The van der Waals surface area contributed by atoms with Crippen LogP contribution in [0.5, 0.6) is 0 Å². The molecule has 0 aliphatic carbocycles. The Labute approximate surface area is 178 Å². The van der Waals surface area contributed by atoms with Crippen molar-refractivity contribution in [2.45, 2.75) is 44.9 Å². The van der Waals surface area contributed by atoms with E-state index in [4.69, 9.17) is 9.72 Å². The average molecular weight is 416 g/mol. The van der Waals surface area contributed by atoms with Crippen molar-refractivity contribution >= 4 is 11.8 Å². The van der Waals surface area contributed by atoms with E-state index in [0.29, 0.717) is 31.9 Å². The highest BCUT2D eigenvalue weighted by Crippen LogP contribution is 2.25. The lowest BCUT2D eigenvalue weighted by molar-refractivity contribution is -0.134. The fraction of sp³-hybridized carbons (Fsp3) is 0.727. The van der Waals surface area contributed by atoms with Gasteiger partial charge in [-0.25, -0.2) is 9.97 Å². The molecule has 0 N–H and O–H groups in total. The number of hydrogen-bond acceptors (Lipinski definition) is 6. The van der Waals surface area contributed by atoms with Gasteiger partial charge in [0.25, 0.3) is 5.91 Å². The SMILES string of the molecule is Cc1nc([C@H]2CCCN(C(=O)CN3CCOCC3)C2)ncc1C(=O)N1CCCCC1. The van der Waals surface area contributed by atoms with Crippen LogP contribution in [0.3, 0.4) is 0 Å². The molecule has 0 bridgehead atoms. The molecule has 0 saturated carbocycles. The van der Waals surface area contributed by atoms with Crippen LogP contribution < -0.4 is 0 Å². The van der Waals surface area contributed by atoms with Crippen LogP contribution >= 0.6 is 0 Å². The molecule has 0 spiro atoms. The molecule has 3 fully saturated rings. The van der Waals surface area contributed by atoms with Crippen molar-refractivity contribution in [2.24, 2.45) is 0 Å². The molecule has 164 valence electrons. The fourth-order valence-electron chi connectivity index (χ4n) is 4.62. The summed E-state index contributed by atoms with van der Waals surface area (Å²) in [5, 5.41) is 0. The van der Waals surface area contributed by atoms with Crippen LogP contribution in [0.25, 0.3) is 0 Å². The monoisotopic (exact) mass is 415 g/mol. The van der Waals surface area contributed by atoms with Gasteiger partial charge in [-0.3, -0.25) is 14.5 Å². The molecule has 1 atom stereocenters. The molecule has 4 heterocycles. The molecule has 2 amide bonds. The van der Waals surface area contributed by atoms with Crippen molar-refractivity contribution in [3.63, 3.8) is 0 Å². The van der Waals surface area contributed by atoms with Gasteiger partial charge in [0.1, 0.15) is 5.82 Å². The summed E-state index contributed by atoms with van der Waals surface area (Å²) in [6, 6.07) is 0. The Bertz CT molecular complexity index is 759. The first kappa shape index (κ1) is 21.2. The van der Waals surface area contributed by atoms with Crippen molar-refractivity contribution < 1.29 is 14.3 Å². The van der Waals surface area contributed by atoms with Crippen LogP contribution in [-0.4, -0.2) is 95.5 Å². The van der Waals surface area contributed by atoms with Crippen LogP contribution in [-0.2, 0) is 9.53 Å². The van der Waals surface area contributed by atoms with Gasteiger partial charge < -0.3 is 14.5 Å². The summed E-state index contributed by atoms with van der Waals surface area (Å²) in [7, 11) is 0. The van der Waals surface area contributed by atoms with E-state index in [9.17, 15) is 9.59 Å². The molecule has 3 aliphatic heterocycles. The summed E-state index contributed by atoms with van der Waals surface area (Å²) < 4.78 is 5.37. The van der Waals surface area contributed by atoms with E-state index in [0.717, 1.165) is 69.9 Å². The van der Waals surface area contributed by atoms with Crippen molar-refractivity contribution in [1.29, 1.82) is 0 Å². The summed E-state index contributed by atoms with van der Waals surface area (Å²) in [5.74, 6) is 1.11. The number of carbonyl (C=O) groups is 2. The standard InChI is InChI=1S/C22H33N5O3/c1-17-19(22(29)26-7-3-2-4-8-26)14-23-21(24-17)18-6-5-9-27(15-18)20(28)16-25-10-12-30-13-11-25/h14,18H,2-13,15-16H2,1H3/t18-/m0/s1. The maximum Gasteiger partial charge on any atom is 0.257 e. The van der Waals surface area contributed by atoms with Crippen molar-refractivity contribution in [3.05, 3.63) is 23.3 Å². The van der Waals surface area contributed by atoms with Crippen LogP contribution in [0.1, 0.15) is 59.9 Å². The molecule has 8 heteroatoms. The van der Waals surface area contributed by atoms with Gasteiger partial charge in [-0.2, -0.15) is 0 Å². The minimum atomic E-state index is 0.0460. The smallest absolute Gasteiger partial charge is 0.257 e. The average Bonchev–Trinajstić information content (AvgIpc) is 2.80. The molecule has 4 rings (SSSR count). The third-order valence-electron chi connectivity index (χ3n) is 6.47. The lowest BCUT2D eigenvalue weighted by Gasteiger charge is -2.34. The molecule has 30 heavy (non-hydrogen) atoms. The number of carbonyl (C=O) groups excluding carboxylic acids is 2. The molecule has 3 saturated heterocycles. The molecule has 3 aliphatic rings. The number of aromatic nitrogens is 2. The molecule has 1 aromatic heterocycles. The predicted octanol–water partition coefficient (Wildman–Crippen LogP) is 1.45. The van der Waals surface area contributed by atoms with Crippen molar-refractivity contribution in [2.75, 3.05) is 59.0 Å². The first-order valence-electron chi connectivity index (χ1n) is 11.3. The zero-order valence-electron chi connectivity index (χ0n) is 18.0. The van der Waals surface area contributed by atoms with E-state index in [1.807, 2.05) is 16.7 Å². The van der Waals surface area contributed by atoms with Crippen molar-refractivity contribution in [3.8, 4) is 0 Å². The number of rotatable bonds is 4.